The molecule has 1 atom stereocenters. The molecule has 0 amide bonds. The van der Waals surface area contributed by atoms with Gasteiger partial charge in [-0.2, -0.15) is 0 Å². The molecule has 2 rings (SSSR count). The summed E-state index contributed by atoms with van der Waals surface area (Å²) >= 11 is 0. The van der Waals surface area contributed by atoms with Crippen molar-refractivity contribution >= 4 is 23.5 Å². The van der Waals surface area contributed by atoms with Crippen molar-refractivity contribution in [2.75, 3.05) is 0 Å². The summed E-state index contributed by atoms with van der Waals surface area (Å²) in [6.45, 7) is 2.76. The number of esters is 2. The van der Waals surface area contributed by atoms with Gasteiger partial charge >= 0.3 is 11.9 Å². The SMILES string of the molecule is CCC(=O)Oc1ccc2c(c1)C(=O)C(OC(C)=O)C2=O. The molecule has 0 heterocycles. The maximum Gasteiger partial charge on any atom is 0.310 e. The topological polar surface area (TPSA) is 86.7 Å². The average molecular weight is 276 g/mol. The second-order valence-corrected chi connectivity index (χ2v) is 4.25. The third kappa shape index (κ3) is 2.45. The van der Waals surface area contributed by atoms with Crippen LogP contribution in [-0.2, 0) is 14.3 Å². The summed E-state index contributed by atoms with van der Waals surface area (Å²) in [5.41, 5.74) is 0.264. The van der Waals surface area contributed by atoms with Gasteiger partial charge in [0.1, 0.15) is 5.75 Å². The number of rotatable bonds is 3. The van der Waals surface area contributed by atoms with Crippen molar-refractivity contribution in [3.63, 3.8) is 0 Å². The molecule has 1 aromatic rings. The number of hydrogen-bond acceptors (Lipinski definition) is 6. The van der Waals surface area contributed by atoms with Crippen LogP contribution in [0.4, 0.5) is 0 Å². The molecule has 1 aliphatic rings. The molecule has 1 unspecified atom stereocenters. The number of carbonyl (C=O) groups is 4. The van der Waals surface area contributed by atoms with Gasteiger partial charge in [-0.05, 0) is 18.2 Å². The van der Waals surface area contributed by atoms with Crippen LogP contribution in [0.5, 0.6) is 5.75 Å². The van der Waals surface area contributed by atoms with Gasteiger partial charge < -0.3 is 9.47 Å². The Bertz CT molecular complexity index is 616. The monoisotopic (exact) mass is 276 g/mol. The van der Waals surface area contributed by atoms with Gasteiger partial charge in [-0.25, -0.2) is 0 Å². The highest BCUT2D eigenvalue weighted by atomic mass is 16.6. The molecule has 0 saturated heterocycles. The van der Waals surface area contributed by atoms with Gasteiger partial charge in [0.25, 0.3) is 0 Å². The highest BCUT2D eigenvalue weighted by Crippen LogP contribution is 2.28. The molecule has 0 aromatic heterocycles. The van der Waals surface area contributed by atoms with Crippen LogP contribution >= 0.6 is 0 Å². The molecule has 0 spiro atoms. The first-order valence-electron chi connectivity index (χ1n) is 6.04. The number of Topliss-reactive ketones (excluding diaryl/α,β-unsaturated/α-hetero) is 2. The molecular weight excluding hydrogens is 264 g/mol. The Labute approximate surface area is 114 Å². The van der Waals surface area contributed by atoms with Crippen LogP contribution in [0.25, 0.3) is 0 Å². The van der Waals surface area contributed by atoms with E-state index in [1.165, 1.54) is 18.2 Å². The molecule has 0 radical (unpaired) electrons. The van der Waals surface area contributed by atoms with Crippen molar-refractivity contribution < 1.29 is 28.7 Å². The molecular formula is C14H12O6. The summed E-state index contributed by atoms with van der Waals surface area (Å²) in [6, 6.07) is 4.12. The van der Waals surface area contributed by atoms with Crippen molar-refractivity contribution in [1.82, 2.24) is 0 Å². The summed E-state index contributed by atoms with van der Waals surface area (Å²) in [5.74, 6) is -2.14. The highest BCUT2D eigenvalue weighted by molar-refractivity contribution is 6.29. The second-order valence-electron chi connectivity index (χ2n) is 4.25. The van der Waals surface area contributed by atoms with E-state index < -0.39 is 29.6 Å². The summed E-state index contributed by atoms with van der Waals surface area (Å²) < 4.78 is 9.69. The molecule has 0 saturated carbocycles. The van der Waals surface area contributed by atoms with Crippen molar-refractivity contribution in [2.24, 2.45) is 0 Å². The van der Waals surface area contributed by atoms with Gasteiger partial charge in [-0.1, -0.05) is 6.92 Å². The molecule has 1 aromatic carbocycles. The summed E-state index contributed by atoms with van der Waals surface area (Å²) in [4.78, 5) is 46.0. The lowest BCUT2D eigenvalue weighted by atomic mass is 10.1. The minimum absolute atomic E-state index is 0.0997. The van der Waals surface area contributed by atoms with Gasteiger partial charge in [0.2, 0.25) is 17.7 Å². The minimum Gasteiger partial charge on any atom is -0.446 e. The molecule has 1 aliphatic carbocycles. The minimum atomic E-state index is -1.43. The van der Waals surface area contributed by atoms with Gasteiger partial charge in [0, 0.05) is 24.5 Å². The highest BCUT2D eigenvalue weighted by Gasteiger charge is 2.41. The molecule has 0 aliphatic heterocycles. The zero-order valence-corrected chi connectivity index (χ0v) is 11.0. The van der Waals surface area contributed by atoms with E-state index in [1.54, 1.807) is 6.92 Å². The Kier molecular flexibility index (Phi) is 3.65. The van der Waals surface area contributed by atoms with Gasteiger partial charge in [-0.15, -0.1) is 0 Å². The fourth-order valence-electron chi connectivity index (χ4n) is 1.88. The van der Waals surface area contributed by atoms with Gasteiger partial charge in [-0.3, -0.25) is 19.2 Å². The normalized spacial score (nSPS) is 16.8. The van der Waals surface area contributed by atoms with Crippen LogP contribution in [-0.4, -0.2) is 29.6 Å². The lowest BCUT2D eigenvalue weighted by Crippen LogP contribution is -2.27. The quantitative estimate of drug-likeness (QED) is 0.470. The largest absolute Gasteiger partial charge is 0.446 e. The number of hydrogen-bond donors (Lipinski definition) is 0. The first kappa shape index (κ1) is 13.9. The van der Waals surface area contributed by atoms with Crippen LogP contribution in [0.2, 0.25) is 0 Å². The standard InChI is InChI=1S/C14H12O6/c1-3-11(16)20-8-4-5-9-10(6-8)13(18)14(12(9)17)19-7(2)15/h4-6,14H,3H2,1-2H3. The molecule has 0 bridgehead atoms. The Hall–Kier alpha value is -2.50. The van der Waals surface area contributed by atoms with E-state index in [0.29, 0.717) is 0 Å². The van der Waals surface area contributed by atoms with E-state index >= 15 is 0 Å². The number of ether oxygens (including phenoxy) is 2. The van der Waals surface area contributed by atoms with E-state index in [9.17, 15) is 19.2 Å². The predicted octanol–water partition coefficient (Wildman–Crippen LogP) is 1.31. The van der Waals surface area contributed by atoms with E-state index in [-0.39, 0.29) is 23.3 Å². The van der Waals surface area contributed by atoms with E-state index in [4.69, 9.17) is 9.47 Å². The van der Waals surface area contributed by atoms with Crippen LogP contribution < -0.4 is 4.74 Å². The third-order valence-electron chi connectivity index (χ3n) is 2.80. The first-order valence-corrected chi connectivity index (χ1v) is 6.04. The van der Waals surface area contributed by atoms with E-state index in [0.717, 1.165) is 6.92 Å². The van der Waals surface area contributed by atoms with Crippen LogP contribution in [0.1, 0.15) is 41.0 Å². The Morgan fingerprint density at radius 1 is 1.15 bits per heavy atom. The smallest absolute Gasteiger partial charge is 0.310 e. The van der Waals surface area contributed by atoms with Crippen LogP contribution in [0.3, 0.4) is 0 Å². The molecule has 20 heavy (non-hydrogen) atoms. The summed E-state index contributed by atoms with van der Waals surface area (Å²) in [5, 5.41) is 0. The summed E-state index contributed by atoms with van der Waals surface area (Å²) in [7, 11) is 0. The maximum atomic E-state index is 12.0. The lowest BCUT2D eigenvalue weighted by molar-refractivity contribution is -0.142. The fraction of sp³-hybridized carbons (Fsp3) is 0.286. The maximum absolute atomic E-state index is 12.0. The van der Waals surface area contributed by atoms with Crippen LogP contribution in [0.15, 0.2) is 18.2 Å². The third-order valence-corrected chi connectivity index (χ3v) is 2.80. The molecule has 6 nitrogen and oxygen atoms in total. The predicted molar refractivity (Wildman–Crippen MR) is 66.6 cm³/mol. The second kappa shape index (κ2) is 5.24. The van der Waals surface area contributed by atoms with Gasteiger partial charge in [0.15, 0.2) is 0 Å². The number of carbonyl (C=O) groups excluding carboxylic acids is 4. The molecule has 0 N–H and O–H groups in total. The van der Waals surface area contributed by atoms with Crippen molar-refractivity contribution in [3.8, 4) is 5.75 Å². The number of fused-ring (bicyclic) bond motifs is 1. The van der Waals surface area contributed by atoms with Crippen molar-refractivity contribution in [1.29, 1.82) is 0 Å². The molecule has 6 heteroatoms. The summed E-state index contributed by atoms with van der Waals surface area (Å²) in [6.07, 6.45) is -1.24. The molecule has 0 fully saturated rings. The lowest BCUT2D eigenvalue weighted by Gasteiger charge is -2.05. The molecule has 104 valence electrons. The Balaban J connectivity index is 2.31. The zero-order valence-electron chi connectivity index (χ0n) is 11.0. The Morgan fingerprint density at radius 3 is 2.40 bits per heavy atom. The number of ketones is 2. The Morgan fingerprint density at radius 2 is 1.80 bits per heavy atom. The van der Waals surface area contributed by atoms with Crippen LogP contribution in [0, 0.1) is 0 Å². The first-order chi connectivity index (χ1) is 9.43. The zero-order chi connectivity index (χ0) is 14.9. The average Bonchev–Trinajstić information content (AvgIpc) is 2.63. The van der Waals surface area contributed by atoms with Crippen molar-refractivity contribution in [3.05, 3.63) is 29.3 Å². The number of benzene rings is 1. The van der Waals surface area contributed by atoms with Gasteiger partial charge in [0.05, 0.1) is 0 Å². The van der Waals surface area contributed by atoms with E-state index in [2.05, 4.69) is 0 Å². The van der Waals surface area contributed by atoms with Crippen molar-refractivity contribution in [2.45, 2.75) is 26.4 Å². The fourth-order valence-corrected chi connectivity index (χ4v) is 1.88. The van der Waals surface area contributed by atoms with E-state index in [1.807, 2.05) is 0 Å².